The number of nitrogens with zero attached hydrogens (tertiary/aromatic N) is 2. The molecule has 0 spiro atoms. The Bertz CT molecular complexity index is 1220. The first-order valence-corrected chi connectivity index (χ1v) is 9.15. The summed E-state index contributed by atoms with van der Waals surface area (Å²) in [5, 5.41) is 4.57. The van der Waals surface area contributed by atoms with Crippen LogP contribution in [0.5, 0.6) is 0 Å². The molecule has 0 radical (unpaired) electrons. The third-order valence-electron chi connectivity index (χ3n) is 4.67. The first kappa shape index (κ1) is 19.3. The van der Waals surface area contributed by atoms with Crippen LogP contribution >= 0.6 is 11.6 Å². The molecule has 0 unspecified atom stereocenters. The fraction of sp³-hybridized carbons (Fsp3) is 0.143. The highest BCUT2D eigenvalue weighted by atomic mass is 35.5. The standard InChI is InChI=1S/C21H15ClF3N3O/c22-17-4-2-1-3-14(17)10-27-20(29)13-5-6-15-16-7-8-26-11-19(16)28(18(15)9-13)12-21(23,24)25/h1-9,11H,10,12H2,(H,27,29). The first-order chi connectivity index (χ1) is 13.8. The van der Waals surface area contributed by atoms with Gasteiger partial charge in [-0.25, -0.2) is 0 Å². The Labute approximate surface area is 168 Å². The summed E-state index contributed by atoms with van der Waals surface area (Å²) >= 11 is 6.09. The number of aromatic nitrogens is 2. The zero-order chi connectivity index (χ0) is 20.6. The van der Waals surface area contributed by atoms with Gasteiger partial charge in [0.2, 0.25) is 0 Å². The van der Waals surface area contributed by atoms with Gasteiger partial charge in [0.1, 0.15) is 6.54 Å². The Balaban J connectivity index is 1.71. The summed E-state index contributed by atoms with van der Waals surface area (Å²) in [7, 11) is 0. The van der Waals surface area contributed by atoms with Crippen molar-refractivity contribution in [3.8, 4) is 0 Å². The van der Waals surface area contributed by atoms with Crippen LogP contribution < -0.4 is 5.32 Å². The summed E-state index contributed by atoms with van der Waals surface area (Å²) in [6.07, 6.45) is -1.47. The Morgan fingerprint density at radius 2 is 1.83 bits per heavy atom. The van der Waals surface area contributed by atoms with Gasteiger partial charge in [0.05, 0.1) is 17.2 Å². The molecule has 29 heavy (non-hydrogen) atoms. The largest absolute Gasteiger partial charge is 0.406 e. The zero-order valence-electron chi connectivity index (χ0n) is 15.0. The molecule has 148 valence electrons. The number of carbonyl (C=O) groups excluding carboxylic acids is 1. The van der Waals surface area contributed by atoms with Gasteiger partial charge in [-0.15, -0.1) is 0 Å². The van der Waals surface area contributed by atoms with E-state index in [4.69, 9.17) is 11.6 Å². The molecule has 0 saturated carbocycles. The molecule has 2 aromatic heterocycles. The van der Waals surface area contributed by atoms with Crippen LogP contribution in [0.1, 0.15) is 15.9 Å². The molecule has 4 aromatic rings. The van der Waals surface area contributed by atoms with Gasteiger partial charge in [-0.1, -0.05) is 35.9 Å². The lowest BCUT2D eigenvalue weighted by atomic mass is 10.1. The van der Waals surface area contributed by atoms with Gasteiger partial charge in [-0.2, -0.15) is 13.2 Å². The van der Waals surface area contributed by atoms with Crippen LogP contribution in [0.3, 0.4) is 0 Å². The van der Waals surface area contributed by atoms with E-state index in [1.54, 1.807) is 36.4 Å². The molecule has 0 atom stereocenters. The average Bonchev–Trinajstić information content (AvgIpc) is 2.99. The summed E-state index contributed by atoms with van der Waals surface area (Å²) in [4.78, 5) is 16.5. The Hall–Kier alpha value is -3.06. The number of rotatable bonds is 4. The van der Waals surface area contributed by atoms with Crippen LogP contribution in [0.2, 0.25) is 5.02 Å². The number of amides is 1. The maximum absolute atomic E-state index is 13.1. The van der Waals surface area contributed by atoms with E-state index in [-0.39, 0.29) is 12.1 Å². The van der Waals surface area contributed by atoms with Gasteiger partial charge in [0.25, 0.3) is 5.91 Å². The van der Waals surface area contributed by atoms with Crippen LogP contribution in [0, 0.1) is 0 Å². The van der Waals surface area contributed by atoms with E-state index < -0.39 is 18.6 Å². The summed E-state index contributed by atoms with van der Waals surface area (Å²) < 4.78 is 40.6. The van der Waals surface area contributed by atoms with Crippen molar-refractivity contribution in [3.05, 3.63) is 77.1 Å². The normalized spacial score (nSPS) is 11.9. The highest BCUT2D eigenvalue weighted by molar-refractivity contribution is 6.31. The van der Waals surface area contributed by atoms with Gasteiger partial charge in [0.15, 0.2) is 0 Å². The van der Waals surface area contributed by atoms with Crippen molar-refractivity contribution >= 4 is 39.3 Å². The molecule has 2 aromatic carbocycles. The number of fused-ring (bicyclic) bond motifs is 3. The topological polar surface area (TPSA) is 46.9 Å². The number of hydrogen-bond acceptors (Lipinski definition) is 2. The Kier molecular flexibility index (Phi) is 4.92. The number of carbonyl (C=O) groups is 1. The summed E-state index contributed by atoms with van der Waals surface area (Å²) in [6.45, 7) is -0.949. The maximum Gasteiger partial charge on any atom is 0.406 e. The molecule has 2 heterocycles. The number of hydrogen-bond donors (Lipinski definition) is 1. The van der Waals surface area contributed by atoms with Crippen molar-refractivity contribution in [2.24, 2.45) is 0 Å². The molecule has 0 bridgehead atoms. The second-order valence-electron chi connectivity index (χ2n) is 6.60. The maximum atomic E-state index is 13.1. The smallest absolute Gasteiger partial charge is 0.348 e. The molecule has 4 nitrogen and oxygen atoms in total. The van der Waals surface area contributed by atoms with E-state index in [9.17, 15) is 18.0 Å². The summed E-state index contributed by atoms with van der Waals surface area (Å²) in [5.41, 5.74) is 1.72. The minimum atomic E-state index is -4.41. The van der Waals surface area contributed by atoms with E-state index in [2.05, 4.69) is 10.3 Å². The third-order valence-corrected chi connectivity index (χ3v) is 5.04. The van der Waals surface area contributed by atoms with Crippen LogP contribution in [0.4, 0.5) is 13.2 Å². The molecule has 0 aliphatic heterocycles. The zero-order valence-corrected chi connectivity index (χ0v) is 15.8. The lowest BCUT2D eigenvalue weighted by molar-refractivity contribution is -0.139. The first-order valence-electron chi connectivity index (χ1n) is 8.78. The monoisotopic (exact) mass is 417 g/mol. The van der Waals surface area contributed by atoms with Crippen molar-refractivity contribution < 1.29 is 18.0 Å². The second-order valence-corrected chi connectivity index (χ2v) is 7.01. The molecule has 1 N–H and O–H groups in total. The lowest BCUT2D eigenvalue weighted by Gasteiger charge is -2.11. The van der Waals surface area contributed by atoms with E-state index in [0.29, 0.717) is 26.8 Å². The highest BCUT2D eigenvalue weighted by Crippen LogP contribution is 2.32. The SMILES string of the molecule is O=C(NCc1ccccc1Cl)c1ccc2c3ccncc3n(CC(F)(F)F)c2c1. The molecule has 0 fully saturated rings. The van der Waals surface area contributed by atoms with E-state index in [1.165, 1.54) is 18.5 Å². The second kappa shape index (κ2) is 7.40. The molecular formula is C21H15ClF3N3O. The van der Waals surface area contributed by atoms with Crippen molar-refractivity contribution in [3.63, 3.8) is 0 Å². The molecule has 8 heteroatoms. The van der Waals surface area contributed by atoms with Crippen LogP contribution in [0.15, 0.2) is 60.9 Å². The van der Waals surface area contributed by atoms with Crippen molar-refractivity contribution in [2.75, 3.05) is 0 Å². The predicted molar refractivity (Wildman–Crippen MR) is 106 cm³/mol. The average molecular weight is 418 g/mol. The van der Waals surface area contributed by atoms with Crippen molar-refractivity contribution in [1.82, 2.24) is 14.9 Å². The number of pyridine rings is 1. The number of alkyl halides is 3. The predicted octanol–water partition coefficient (Wildman–Crippen LogP) is 5.34. The van der Waals surface area contributed by atoms with E-state index in [1.807, 2.05) is 6.07 Å². The summed E-state index contributed by atoms with van der Waals surface area (Å²) in [6, 6.07) is 13.5. The Morgan fingerprint density at radius 1 is 1.07 bits per heavy atom. The van der Waals surface area contributed by atoms with Gasteiger partial charge < -0.3 is 9.88 Å². The van der Waals surface area contributed by atoms with Gasteiger partial charge in [0, 0.05) is 34.1 Å². The number of benzene rings is 2. The fourth-order valence-corrected chi connectivity index (χ4v) is 3.55. The fourth-order valence-electron chi connectivity index (χ4n) is 3.35. The quantitative estimate of drug-likeness (QED) is 0.487. The van der Waals surface area contributed by atoms with Gasteiger partial charge >= 0.3 is 6.18 Å². The van der Waals surface area contributed by atoms with Crippen molar-refractivity contribution in [2.45, 2.75) is 19.3 Å². The molecule has 0 saturated heterocycles. The van der Waals surface area contributed by atoms with Gasteiger partial charge in [-0.3, -0.25) is 9.78 Å². The molecule has 0 aliphatic carbocycles. The van der Waals surface area contributed by atoms with Crippen molar-refractivity contribution in [1.29, 1.82) is 0 Å². The Morgan fingerprint density at radius 3 is 2.59 bits per heavy atom. The number of nitrogens with one attached hydrogen (secondary N) is 1. The van der Waals surface area contributed by atoms with Gasteiger partial charge in [-0.05, 0) is 29.8 Å². The third kappa shape index (κ3) is 3.91. The van der Waals surface area contributed by atoms with Crippen LogP contribution in [-0.2, 0) is 13.1 Å². The molecule has 0 aliphatic rings. The lowest BCUT2D eigenvalue weighted by Crippen LogP contribution is -2.23. The molecule has 4 rings (SSSR count). The summed E-state index contributed by atoms with van der Waals surface area (Å²) in [5.74, 6) is -0.395. The van der Waals surface area contributed by atoms with Crippen LogP contribution in [0.25, 0.3) is 21.8 Å². The minimum absolute atomic E-state index is 0.214. The van der Waals surface area contributed by atoms with E-state index >= 15 is 0 Å². The minimum Gasteiger partial charge on any atom is -0.348 e. The van der Waals surface area contributed by atoms with Crippen LogP contribution in [-0.4, -0.2) is 21.6 Å². The molecular weight excluding hydrogens is 403 g/mol. The highest BCUT2D eigenvalue weighted by Gasteiger charge is 2.30. The number of halogens is 4. The molecule has 1 amide bonds. The van der Waals surface area contributed by atoms with E-state index in [0.717, 1.165) is 10.1 Å².